The van der Waals surface area contributed by atoms with E-state index in [2.05, 4.69) is 26.2 Å². The van der Waals surface area contributed by atoms with E-state index in [4.69, 9.17) is 14.2 Å². The van der Waals surface area contributed by atoms with E-state index < -0.39 is 0 Å². The number of anilines is 1. The van der Waals surface area contributed by atoms with Crippen LogP contribution in [0.15, 0.2) is 59.3 Å². The molecule has 0 atom stereocenters. The van der Waals surface area contributed by atoms with Crippen molar-refractivity contribution in [2.75, 3.05) is 11.9 Å². The van der Waals surface area contributed by atoms with Crippen LogP contribution >= 0.6 is 0 Å². The van der Waals surface area contributed by atoms with Gasteiger partial charge < -0.3 is 19.1 Å². The molecule has 5 rings (SSSR count). The van der Waals surface area contributed by atoms with Gasteiger partial charge in [-0.3, -0.25) is 4.79 Å². The maximum atomic E-state index is 12.5. The molecular weight excluding hydrogens is 430 g/mol. The van der Waals surface area contributed by atoms with Gasteiger partial charge in [-0.1, -0.05) is 17.3 Å². The van der Waals surface area contributed by atoms with Crippen molar-refractivity contribution in [2.24, 2.45) is 0 Å². The normalized spacial score (nSPS) is 12.9. The minimum atomic E-state index is -0.109. The Labute approximate surface area is 198 Å². The molecule has 0 spiro atoms. The van der Waals surface area contributed by atoms with Gasteiger partial charge >= 0.3 is 0 Å². The average molecular weight is 458 g/mol. The van der Waals surface area contributed by atoms with E-state index in [0.717, 1.165) is 47.0 Å². The monoisotopic (exact) mass is 457 g/mol. The summed E-state index contributed by atoms with van der Waals surface area (Å²) in [5, 5.41) is 6.99. The average Bonchev–Trinajstić information content (AvgIpc) is 3.51. The molecule has 8 nitrogen and oxygen atoms in total. The summed E-state index contributed by atoms with van der Waals surface area (Å²) < 4.78 is 13.0. The second-order valence-electron chi connectivity index (χ2n) is 8.29. The Balaban J connectivity index is 1.18. The molecule has 1 N–H and O–H groups in total. The molecule has 1 aliphatic heterocycles. The van der Waals surface area contributed by atoms with E-state index in [1.807, 2.05) is 55.5 Å². The number of aryl methyl sites for hydroxylation is 3. The van der Waals surface area contributed by atoms with E-state index in [1.165, 1.54) is 12.8 Å². The minimum Gasteiger partial charge on any atom is -0.494 e. The van der Waals surface area contributed by atoms with Crippen LogP contribution in [0.1, 0.15) is 37.9 Å². The van der Waals surface area contributed by atoms with E-state index in [-0.39, 0.29) is 12.3 Å². The number of carbonyl (C=O) groups is 1. The number of benzene rings is 2. The van der Waals surface area contributed by atoms with Crippen LogP contribution in [0.4, 0.5) is 5.69 Å². The van der Waals surface area contributed by atoms with Crippen LogP contribution in [0, 0.1) is 0 Å². The fourth-order valence-corrected chi connectivity index (χ4v) is 4.09. The molecule has 0 radical (unpaired) electrons. The molecule has 8 heteroatoms. The smallest absolute Gasteiger partial charge is 0.227 e. The lowest BCUT2D eigenvalue weighted by Crippen LogP contribution is -2.12. The third kappa shape index (κ3) is 5.01. The number of imidazole rings is 1. The second-order valence-corrected chi connectivity index (χ2v) is 8.29. The SMILES string of the molecule is CCOc1ccc(-c2noc(CCC(=O)Nc3cccc(-c4cn5c(n4)CCCC5)c3)n2)cc1. The van der Waals surface area contributed by atoms with Crippen molar-refractivity contribution in [3.63, 3.8) is 0 Å². The number of carbonyl (C=O) groups excluding carboxylic acids is 1. The van der Waals surface area contributed by atoms with Crippen molar-refractivity contribution in [3.8, 4) is 28.4 Å². The molecule has 0 aliphatic carbocycles. The summed E-state index contributed by atoms with van der Waals surface area (Å²) >= 11 is 0. The van der Waals surface area contributed by atoms with Crippen LogP contribution in [0.3, 0.4) is 0 Å². The lowest BCUT2D eigenvalue weighted by atomic mass is 10.1. The highest BCUT2D eigenvalue weighted by molar-refractivity contribution is 5.91. The number of nitrogens with one attached hydrogen (secondary N) is 1. The highest BCUT2D eigenvalue weighted by atomic mass is 16.5. The first-order valence-electron chi connectivity index (χ1n) is 11.7. The number of rotatable bonds is 8. The molecule has 0 unspecified atom stereocenters. The highest BCUT2D eigenvalue weighted by Crippen LogP contribution is 2.25. The van der Waals surface area contributed by atoms with E-state index in [9.17, 15) is 4.79 Å². The Kier molecular flexibility index (Phi) is 6.38. The third-order valence-corrected chi connectivity index (χ3v) is 5.81. The molecule has 1 aliphatic rings. The molecule has 4 aromatic rings. The number of aromatic nitrogens is 4. The Hall–Kier alpha value is -3.94. The first-order chi connectivity index (χ1) is 16.7. The van der Waals surface area contributed by atoms with Crippen molar-refractivity contribution in [2.45, 2.75) is 45.6 Å². The fourth-order valence-electron chi connectivity index (χ4n) is 4.09. The minimum absolute atomic E-state index is 0.109. The van der Waals surface area contributed by atoms with Gasteiger partial charge in [0.1, 0.15) is 11.6 Å². The molecule has 0 saturated carbocycles. The van der Waals surface area contributed by atoms with Gasteiger partial charge in [0, 0.05) is 48.8 Å². The Morgan fingerprint density at radius 2 is 2.00 bits per heavy atom. The van der Waals surface area contributed by atoms with Gasteiger partial charge in [0.25, 0.3) is 0 Å². The number of hydrogen-bond donors (Lipinski definition) is 1. The first-order valence-corrected chi connectivity index (χ1v) is 11.7. The number of hydrogen-bond acceptors (Lipinski definition) is 6. The summed E-state index contributed by atoms with van der Waals surface area (Å²) in [5.74, 6) is 2.75. The summed E-state index contributed by atoms with van der Waals surface area (Å²) in [7, 11) is 0. The van der Waals surface area contributed by atoms with E-state index >= 15 is 0 Å². The van der Waals surface area contributed by atoms with E-state index in [0.29, 0.717) is 24.7 Å². The molecule has 0 bridgehead atoms. The molecule has 1 amide bonds. The molecule has 2 aromatic heterocycles. The molecule has 0 fully saturated rings. The van der Waals surface area contributed by atoms with Crippen LogP contribution in [0.25, 0.3) is 22.6 Å². The van der Waals surface area contributed by atoms with Gasteiger partial charge in [-0.25, -0.2) is 4.98 Å². The quantitative estimate of drug-likeness (QED) is 0.404. The maximum Gasteiger partial charge on any atom is 0.227 e. The van der Waals surface area contributed by atoms with Gasteiger partial charge in [0.2, 0.25) is 17.6 Å². The standard InChI is InChI=1S/C26H27N5O3/c1-2-33-21-11-9-18(10-12-21)26-29-25(34-30-26)14-13-24(32)27-20-7-5-6-19(16-20)22-17-31-15-4-3-8-23(31)28-22/h5-7,9-12,16-17H,2-4,8,13-15H2,1H3,(H,27,32). The largest absolute Gasteiger partial charge is 0.494 e. The van der Waals surface area contributed by atoms with Gasteiger partial charge in [-0.2, -0.15) is 4.98 Å². The van der Waals surface area contributed by atoms with Crippen molar-refractivity contribution in [1.82, 2.24) is 19.7 Å². The maximum absolute atomic E-state index is 12.5. The predicted octanol–water partition coefficient (Wildman–Crippen LogP) is 4.91. The number of fused-ring (bicyclic) bond motifs is 1. The van der Waals surface area contributed by atoms with Gasteiger partial charge in [-0.15, -0.1) is 0 Å². The molecule has 34 heavy (non-hydrogen) atoms. The third-order valence-electron chi connectivity index (χ3n) is 5.81. The molecular formula is C26H27N5O3. The number of amides is 1. The van der Waals surface area contributed by atoms with Gasteiger partial charge in [0.05, 0.1) is 12.3 Å². The zero-order valence-electron chi connectivity index (χ0n) is 19.2. The van der Waals surface area contributed by atoms with Crippen LogP contribution in [0.2, 0.25) is 0 Å². The lowest BCUT2D eigenvalue weighted by Gasteiger charge is -2.11. The molecule has 2 aromatic carbocycles. The van der Waals surface area contributed by atoms with Gasteiger partial charge in [0.15, 0.2) is 0 Å². The van der Waals surface area contributed by atoms with Crippen LogP contribution in [-0.2, 0) is 24.2 Å². The molecule has 0 saturated heterocycles. The summed E-state index contributed by atoms with van der Waals surface area (Å²) in [4.78, 5) is 21.7. The summed E-state index contributed by atoms with van der Waals surface area (Å²) in [5.41, 5.74) is 3.52. The first kappa shape index (κ1) is 21.9. The Morgan fingerprint density at radius 3 is 2.82 bits per heavy atom. The molecule has 174 valence electrons. The number of ether oxygens (including phenoxy) is 1. The van der Waals surface area contributed by atoms with Crippen molar-refractivity contribution in [3.05, 3.63) is 66.4 Å². The number of nitrogens with zero attached hydrogens (tertiary/aromatic N) is 4. The van der Waals surface area contributed by atoms with Crippen molar-refractivity contribution >= 4 is 11.6 Å². The fraction of sp³-hybridized carbons (Fsp3) is 0.308. The van der Waals surface area contributed by atoms with Crippen LogP contribution < -0.4 is 10.1 Å². The predicted molar refractivity (Wildman–Crippen MR) is 128 cm³/mol. The van der Waals surface area contributed by atoms with E-state index in [1.54, 1.807) is 0 Å². The van der Waals surface area contributed by atoms with Crippen molar-refractivity contribution in [1.29, 1.82) is 0 Å². The molecule has 3 heterocycles. The second kappa shape index (κ2) is 9.91. The van der Waals surface area contributed by atoms with Crippen molar-refractivity contribution < 1.29 is 14.1 Å². The Bertz CT molecular complexity index is 1250. The highest BCUT2D eigenvalue weighted by Gasteiger charge is 2.14. The summed E-state index contributed by atoms with van der Waals surface area (Å²) in [6, 6.07) is 15.3. The lowest BCUT2D eigenvalue weighted by molar-refractivity contribution is -0.116. The topological polar surface area (TPSA) is 95.1 Å². The zero-order chi connectivity index (χ0) is 23.3. The van der Waals surface area contributed by atoms with Gasteiger partial charge in [-0.05, 0) is 56.2 Å². The van der Waals surface area contributed by atoms with Crippen LogP contribution in [-0.4, -0.2) is 32.2 Å². The summed E-state index contributed by atoms with van der Waals surface area (Å²) in [6.45, 7) is 3.58. The van der Waals surface area contributed by atoms with Crippen LogP contribution in [0.5, 0.6) is 5.75 Å². The Morgan fingerprint density at radius 1 is 1.12 bits per heavy atom. The summed E-state index contributed by atoms with van der Waals surface area (Å²) in [6.07, 6.45) is 6.12. The zero-order valence-corrected chi connectivity index (χ0v) is 19.2.